The molecule has 0 atom stereocenters. The number of benzene rings is 1. The first-order valence-electron chi connectivity index (χ1n) is 5.02. The number of hydrogen-bond donors (Lipinski definition) is 1. The third-order valence-corrected chi connectivity index (χ3v) is 2.08. The molecule has 1 aromatic rings. The minimum Gasteiger partial charge on any atom is -0.356 e. The fraction of sp³-hybridized carbons (Fsp3) is 0.417. The van der Waals surface area contributed by atoms with Gasteiger partial charge in [0.05, 0.1) is 0 Å². The first-order valence-corrected chi connectivity index (χ1v) is 5.02. The molecule has 0 bridgehead atoms. The van der Waals surface area contributed by atoms with Crippen LogP contribution in [0.5, 0.6) is 0 Å². The molecule has 0 unspecified atom stereocenters. The highest BCUT2D eigenvalue weighted by Gasteiger charge is 2.04. The molecule has 0 heterocycles. The predicted octanol–water partition coefficient (Wildman–Crippen LogP) is 2.00. The maximum Gasteiger partial charge on any atom is 0.222 e. The van der Waals surface area contributed by atoms with Crippen LogP contribution in [-0.2, 0) is 11.2 Å². The second-order valence-corrected chi connectivity index (χ2v) is 3.68. The molecular weight excluding hydrogens is 174 g/mol. The van der Waals surface area contributed by atoms with Crippen molar-refractivity contribution in [2.24, 2.45) is 5.92 Å². The van der Waals surface area contributed by atoms with Gasteiger partial charge in [-0.15, -0.1) is 0 Å². The summed E-state index contributed by atoms with van der Waals surface area (Å²) in [6.07, 6.45) is 0.902. The lowest BCUT2D eigenvalue weighted by atomic mass is 10.1. The Hall–Kier alpha value is -1.31. The second kappa shape index (κ2) is 5.43. The van der Waals surface area contributed by atoms with Crippen LogP contribution in [0.3, 0.4) is 0 Å². The van der Waals surface area contributed by atoms with E-state index in [1.54, 1.807) is 0 Å². The van der Waals surface area contributed by atoms with Crippen molar-refractivity contribution in [3.05, 3.63) is 35.9 Å². The first kappa shape index (κ1) is 10.8. The van der Waals surface area contributed by atoms with Gasteiger partial charge in [-0.2, -0.15) is 0 Å². The zero-order valence-corrected chi connectivity index (χ0v) is 8.79. The Labute approximate surface area is 85.3 Å². The normalized spacial score (nSPS) is 10.2. The van der Waals surface area contributed by atoms with Crippen LogP contribution >= 0.6 is 0 Å². The molecule has 0 radical (unpaired) electrons. The van der Waals surface area contributed by atoms with Crippen LogP contribution in [-0.4, -0.2) is 12.5 Å². The van der Waals surface area contributed by atoms with Gasteiger partial charge in [0.25, 0.3) is 0 Å². The summed E-state index contributed by atoms with van der Waals surface area (Å²) in [4.78, 5) is 11.2. The van der Waals surface area contributed by atoms with Gasteiger partial charge < -0.3 is 5.32 Å². The third-order valence-electron chi connectivity index (χ3n) is 2.08. The molecule has 0 saturated heterocycles. The molecule has 1 aromatic carbocycles. The number of rotatable bonds is 4. The molecule has 2 heteroatoms. The van der Waals surface area contributed by atoms with E-state index in [-0.39, 0.29) is 11.8 Å². The SMILES string of the molecule is CC(C)C(=O)NCCc1ccccc1. The quantitative estimate of drug-likeness (QED) is 0.775. The van der Waals surface area contributed by atoms with Crippen molar-refractivity contribution in [1.29, 1.82) is 0 Å². The van der Waals surface area contributed by atoms with E-state index >= 15 is 0 Å². The van der Waals surface area contributed by atoms with Gasteiger partial charge >= 0.3 is 0 Å². The Morgan fingerprint density at radius 3 is 2.50 bits per heavy atom. The predicted molar refractivity (Wildman–Crippen MR) is 58.0 cm³/mol. The van der Waals surface area contributed by atoms with Gasteiger partial charge in [0.2, 0.25) is 5.91 Å². The van der Waals surface area contributed by atoms with Gasteiger partial charge in [-0.25, -0.2) is 0 Å². The number of carbonyl (C=O) groups excluding carboxylic acids is 1. The smallest absolute Gasteiger partial charge is 0.222 e. The second-order valence-electron chi connectivity index (χ2n) is 3.68. The molecule has 0 aromatic heterocycles. The minimum atomic E-state index is 0.0748. The Morgan fingerprint density at radius 2 is 1.93 bits per heavy atom. The van der Waals surface area contributed by atoms with E-state index in [0.29, 0.717) is 0 Å². The molecule has 0 aliphatic heterocycles. The average molecular weight is 191 g/mol. The third kappa shape index (κ3) is 3.60. The Balaban J connectivity index is 2.26. The van der Waals surface area contributed by atoms with Crippen molar-refractivity contribution in [1.82, 2.24) is 5.32 Å². The lowest BCUT2D eigenvalue weighted by Crippen LogP contribution is -2.29. The van der Waals surface area contributed by atoms with Crippen molar-refractivity contribution in [2.45, 2.75) is 20.3 Å². The van der Waals surface area contributed by atoms with E-state index in [4.69, 9.17) is 0 Å². The highest BCUT2D eigenvalue weighted by Crippen LogP contribution is 1.98. The summed E-state index contributed by atoms with van der Waals surface area (Å²) in [5.74, 6) is 0.201. The molecule has 1 rings (SSSR count). The summed E-state index contributed by atoms with van der Waals surface area (Å²) in [7, 11) is 0. The van der Waals surface area contributed by atoms with Crippen LogP contribution in [0.2, 0.25) is 0 Å². The van der Waals surface area contributed by atoms with E-state index in [1.165, 1.54) is 5.56 Å². The summed E-state index contributed by atoms with van der Waals surface area (Å²) in [5.41, 5.74) is 1.26. The largest absolute Gasteiger partial charge is 0.356 e. The summed E-state index contributed by atoms with van der Waals surface area (Å²) in [5, 5.41) is 2.89. The van der Waals surface area contributed by atoms with Gasteiger partial charge in [-0.05, 0) is 12.0 Å². The minimum absolute atomic E-state index is 0.0748. The maximum absolute atomic E-state index is 11.2. The fourth-order valence-corrected chi connectivity index (χ4v) is 1.18. The molecule has 1 N–H and O–H groups in total. The summed E-state index contributed by atoms with van der Waals surface area (Å²) < 4.78 is 0. The lowest BCUT2D eigenvalue weighted by Gasteiger charge is -2.07. The van der Waals surface area contributed by atoms with Gasteiger partial charge in [0, 0.05) is 12.5 Å². The standard InChI is InChI=1S/C12H17NO/c1-10(2)12(14)13-9-8-11-6-4-3-5-7-11/h3-7,10H,8-9H2,1-2H3,(H,13,14). The highest BCUT2D eigenvalue weighted by atomic mass is 16.1. The lowest BCUT2D eigenvalue weighted by molar-refractivity contribution is -0.123. The van der Waals surface area contributed by atoms with Crippen molar-refractivity contribution in [3.8, 4) is 0 Å². The molecule has 76 valence electrons. The van der Waals surface area contributed by atoms with E-state index in [9.17, 15) is 4.79 Å². The first-order chi connectivity index (χ1) is 6.70. The van der Waals surface area contributed by atoms with E-state index in [2.05, 4.69) is 17.4 Å². The van der Waals surface area contributed by atoms with Crippen LogP contribution in [0.1, 0.15) is 19.4 Å². The zero-order chi connectivity index (χ0) is 10.4. The highest BCUT2D eigenvalue weighted by molar-refractivity contribution is 5.77. The molecule has 2 nitrogen and oxygen atoms in total. The Bertz CT molecular complexity index is 280. The fourth-order valence-electron chi connectivity index (χ4n) is 1.18. The molecule has 1 amide bonds. The molecule has 0 saturated carbocycles. The van der Waals surface area contributed by atoms with E-state index in [0.717, 1.165) is 13.0 Å². The van der Waals surface area contributed by atoms with Crippen LogP contribution in [0, 0.1) is 5.92 Å². The molecule has 14 heavy (non-hydrogen) atoms. The molecule has 0 aliphatic rings. The van der Waals surface area contributed by atoms with Crippen LogP contribution in [0.25, 0.3) is 0 Å². The average Bonchev–Trinajstić information content (AvgIpc) is 2.19. The Kier molecular flexibility index (Phi) is 4.17. The zero-order valence-electron chi connectivity index (χ0n) is 8.79. The monoisotopic (exact) mass is 191 g/mol. The van der Waals surface area contributed by atoms with Crippen molar-refractivity contribution < 1.29 is 4.79 Å². The summed E-state index contributed by atoms with van der Waals surface area (Å²) in [6, 6.07) is 10.2. The van der Waals surface area contributed by atoms with Crippen molar-refractivity contribution in [2.75, 3.05) is 6.54 Å². The van der Waals surface area contributed by atoms with Gasteiger partial charge in [0.15, 0.2) is 0 Å². The van der Waals surface area contributed by atoms with Crippen molar-refractivity contribution in [3.63, 3.8) is 0 Å². The summed E-state index contributed by atoms with van der Waals surface area (Å²) in [6.45, 7) is 4.52. The maximum atomic E-state index is 11.2. The molecule has 0 aliphatic carbocycles. The molecule has 0 spiro atoms. The number of carbonyl (C=O) groups is 1. The van der Waals surface area contributed by atoms with Crippen LogP contribution < -0.4 is 5.32 Å². The van der Waals surface area contributed by atoms with Gasteiger partial charge in [-0.1, -0.05) is 44.2 Å². The molecular formula is C12H17NO. The van der Waals surface area contributed by atoms with E-state index in [1.807, 2.05) is 32.0 Å². The van der Waals surface area contributed by atoms with Crippen LogP contribution in [0.4, 0.5) is 0 Å². The summed E-state index contributed by atoms with van der Waals surface area (Å²) >= 11 is 0. The van der Waals surface area contributed by atoms with E-state index < -0.39 is 0 Å². The van der Waals surface area contributed by atoms with Crippen LogP contribution in [0.15, 0.2) is 30.3 Å². The Morgan fingerprint density at radius 1 is 1.29 bits per heavy atom. The number of hydrogen-bond acceptors (Lipinski definition) is 1. The van der Waals surface area contributed by atoms with Gasteiger partial charge in [0.1, 0.15) is 0 Å². The number of amides is 1. The van der Waals surface area contributed by atoms with Crippen molar-refractivity contribution >= 4 is 5.91 Å². The molecule has 0 fully saturated rings. The van der Waals surface area contributed by atoms with Gasteiger partial charge in [-0.3, -0.25) is 4.79 Å². The number of nitrogens with one attached hydrogen (secondary N) is 1. The topological polar surface area (TPSA) is 29.1 Å².